The number of piperidine rings is 1. The number of rotatable bonds is 3. The minimum Gasteiger partial charge on any atom is -0.508 e. The summed E-state index contributed by atoms with van der Waals surface area (Å²) in [5.41, 5.74) is 2.25. The largest absolute Gasteiger partial charge is 0.508 e. The van der Waals surface area contributed by atoms with Gasteiger partial charge in [-0.15, -0.1) is 11.8 Å². The van der Waals surface area contributed by atoms with Crippen LogP contribution in [0.15, 0.2) is 17.0 Å². The summed E-state index contributed by atoms with van der Waals surface area (Å²) in [4.78, 5) is 1.30. The summed E-state index contributed by atoms with van der Waals surface area (Å²) in [5.74, 6) is 0.425. The zero-order valence-corrected chi connectivity index (χ0v) is 11.4. The molecule has 1 heterocycles. The molecule has 1 unspecified atom stereocenters. The third-order valence-corrected chi connectivity index (χ3v) is 4.30. The van der Waals surface area contributed by atoms with Crippen molar-refractivity contribution < 1.29 is 5.11 Å². The predicted octanol–water partition coefficient (Wildman–Crippen LogP) is 3.11. The van der Waals surface area contributed by atoms with Crippen molar-refractivity contribution in [2.45, 2.75) is 43.5 Å². The summed E-state index contributed by atoms with van der Waals surface area (Å²) in [6, 6.07) is 4.62. The molecule has 3 heteroatoms. The lowest BCUT2D eigenvalue weighted by atomic mass is 9.97. The van der Waals surface area contributed by atoms with Gasteiger partial charge in [-0.25, -0.2) is 0 Å². The van der Waals surface area contributed by atoms with Crippen molar-refractivity contribution in [1.29, 1.82) is 0 Å². The third-order valence-electron chi connectivity index (χ3n) is 3.48. The molecule has 0 saturated carbocycles. The van der Waals surface area contributed by atoms with Crippen molar-refractivity contribution in [2.75, 3.05) is 12.8 Å². The first-order valence-corrected chi connectivity index (χ1v) is 7.53. The van der Waals surface area contributed by atoms with E-state index >= 15 is 0 Å². The molecule has 0 amide bonds. The maximum atomic E-state index is 9.82. The Morgan fingerprint density at radius 2 is 2.24 bits per heavy atom. The Hall–Kier alpha value is -0.670. The number of hydrogen-bond acceptors (Lipinski definition) is 3. The Kier molecular flexibility index (Phi) is 4.35. The van der Waals surface area contributed by atoms with Gasteiger partial charge in [0.2, 0.25) is 0 Å². The minimum absolute atomic E-state index is 0.425. The van der Waals surface area contributed by atoms with Gasteiger partial charge in [0.1, 0.15) is 5.75 Å². The van der Waals surface area contributed by atoms with E-state index in [0.717, 1.165) is 18.5 Å². The van der Waals surface area contributed by atoms with E-state index in [1.54, 1.807) is 11.8 Å². The van der Waals surface area contributed by atoms with Crippen LogP contribution in [0.25, 0.3) is 0 Å². The molecule has 1 aliphatic heterocycles. The van der Waals surface area contributed by atoms with Gasteiger partial charge in [0, 0.05) is 10.9 Å². The highest BCUT2D eigenvalue weighted by atomic mass is 32.2. The quantitative estimate of drug-likeness (QED) is 0.810. The molecule has 0 aliphatic carbocycles. The molecular weight excluding hydrogens is 230 g/mol. The monoisotopic (exact) mass is 251 g/mol. The van der Waals surface area contributed by atoms with Crippen LogP contribution in [-0.4, -0.2) is 23.9 Å². The second-order valence-electron chi connectivity index (χ2n) is 4.80. The van der Waals surface area contributed by atoms with Crippen molar-refractivity contribution in [3.8, 4) is 5.75 Å². The van der Waals surface area contributed by atoms with Crippen molar-refractivity contribution in [2.24, 2.45) is 0 Å². The fraction of sp³-hybridized carbons (Fsp3) is 0.571. The van der Waals surface area contributed by atoms with E-state index < -0.39 is 0 Å². The predicted molar refractivity (Wildman–Crippen MR) is 74.0 cm³/mol. The lowest BCUT2D eigenvalue weighted by Crippen LogP contribution is -2.35. The summed E-state index contributed by atoms with van der Waals surface area (Å²) >= 11 is 1.77. The summed E-state index contributed by atoms with van der Waals surface area (Å²) < 4.78 is 0. The summed E-state index contributed by atoms with van der Waals surface area (Å²) in [6.45, 7) is 3.09. The smallest absolute Gasteiger partial charge is 0.118 e. The van der Waals surface area contributed by atoms with E-state index in [1.807, 2.05) is 13.0 Å². The number of aryl methyl sites for hydroxylation is 1. The summed E-state index contributed by atoms with van der Waals surface area (Å²) in [6.07, 6.45) is 7.01. The Morgan fingerprint density at radius 3 is 2.88 bits per heavy atom. The molecule has 1 aromatic rings. The second-order valence-corrected chi connectivity index (χ2v) is 5.65. The highest BCUT2D eigenvalue weighted by Gasteiger charge is 2.15. The molecule has 0 aromatic heterocycles. The molecule has 0 radical (unpaired) electrons. The van der Waals surface area contributed by atoms with Gasteiger partial charge in [0.25, 0.3) is 0 Å². The van der Waals surface area contributed by atoms with Gasteiger partial charge in [-0.3, -0.25) is 0 Å². The number of thioether (sulfide) groups is 1. The standard InChI is InChI=1S/C14H21NOS/c1-10-7-14(17-2)11(9-13(10)16)8-12-5-3-4-6-15-12/h7,9,12,15-16H,3-6,8H2,1-2H3. The Bertz CT molecular complexity index is 386. The van der Waals surface area contributed by atoms with E-state index in [1.165, 1.54) is 29.7 Å². The molecule has 1 atom stereocenters. The van der Waals surface area contributed by atoms with Gasteiger partial charge < -0.3 is 10.4 Å². The Balaban J connectivity index is 2.15. The molecule has 2 nitrogen and oxygen atoms in total. The minimum atomic E-state index is 0.425. The van der Waals surface area contributed by atoms with Gasteiger partial charge in [0.15, 0.2) is 0 Å². The van der Waals surface area contributed by atoms with Crippen molar-refractivity contribution in [1.82, 2.24) is 5.32 Å². The van der Waals surface area contributed by atoms with E-state index in [9.17, 15) is 5.11 Å². The van der Waals surface area contributed by atoms with Crippen LogP contribution in [0, 0.1) is 6.92 Å². The van der Waals surface area contributed by atoms with Crippen molar-refractivity contribution in [3.05, 3.63) is 23.3 Å². The second kappa shape index (κ2) is 5.78. The normalized spacial score (nSPS) is 20.5. The molecule has 1 saturated heterocycles. The Labute approximate surface area is 108 Å². The van der Waals surface area contributed by atoms with Crippen LogP contribution < -0.4 is 5.32 Å². The highest BCUT2D eigenvalue weighted by molar-refractivity contribution is 7.98. The fourth-order valence-electron chi connectivity index (χ4n) is 2.43. The van der Waals surface area contributed by atoms with Gasteiger partial charge in [-0.1, -0.05) is 6.42 Å². The SMILES string of the molecule is CSc1cc(C)c(O)cc1CC1CCCCN1. The topological polar surface area (TPSA) is 32.3 Å². The number of benzene rings is 1. The average Bonchev–Trinajstić information content (AvgIpc) is 2.35. The molecule has 0 spiro atoms. The molecule has 0 bridgehead atoms. The van der Waals surface area contributed by atoms with Crippen LogP contribution in [-0.2, 0) is 6.42 Å². The van der Waals surface area contributed by atoms with E-state index in [-0.39, 0.29) is 0 Å². The molecule has 1 aliphatic rings. The van der Waals surface area contributed by atoms with Crippen LogP contribution in [0.2, 0.25) is 0 Å². The molecule has 2 rings (SSSR count). The van der Waals surface area contributed by atoms with Crippen LogP contribution in [0.1, 0.15) is 30.4 Å². The molecule has 1 fully saturated rings. The zero-order chi connectivity index (χ0) is 12.3. The number of hydrogen-bond donors (Lipinski definition) is 2. The average molecular weight is 251 g/mol. The van der Waals surface area contributed by atoms with Crippen LogP contribution in [0.4, 0.5) is 0 Å². The van der Waals surface area contributed by atoms with Crippen LogP contribution in [0.5, 0.6) is 5.75 Å². The lowest BCUT2D eigenvalue weighted by Gasteiger charge is -2.24. The summed E-state index contributed by atoms with van der Waals surface area (Å²) in [5, 5.41) is 13.4. The first-order chi connectivity index (χ1) is 8.20. The number of phenols is 1. The first-order valence-electron chi connectivity index (χ1n) is 6.30. The van der Waals surface area contributed by atoms with E-state index in [0.29, 0.717) is 11.8 Å². The third kappa shape index (κ3) is 3.17. The molecule has 94 valence electrons. The Morgan fingerprint density at radius 1 is 1.41 bits per heavy atom. The lowest BCUT2D eigenvalue weighted by molar-refractivity contribution is 0.397. The molecular formula is C14H21NOS. The number of nitrogens with one attached hydrogen (secondary N) is 1. The summed E-state index contributed by atoms with van der Waals surface area (Å²) in [7, 11) is 0. The maximum absolute atomic E-state index is 9.82. The maximum Gasteiger partial charge on any atom is 0.118 e. The van der Waals surface area contributed by atoms with Crippen LogP contribution >= 0.6 is 11.8 Å². The zero-order valence-electron chi connectivity index (χ0n) is 10.6. The van der Waals surface area contributed by atoms with Gasteiger partial charge in [-0.05, 0) is 62.2 Å². The van der Waals surface area contributed by atoms with Crippen molar-refractivity contribution in [3.63, 3.8) is 0 Å². The molecule has 2 N–H and O–H groups in total. The van der Waals surface area contributed by atoms with Crippen LogP contribution in [0.3, 0.4) is 0 Å². The first kappa shape index (κ1) is 12.8. The number of aromatic hydroxyl groups is 1. The molecule has 1 aromatic carbocycles. The van der Waals surface area contributed by atoms with Gasteiger partial charge >= 0.3 is 0 Å². The van der Waals surface area contributed by atoms with E-state index in [2.05, 4.69) is 17.6 Å². The number of phenolic OH excluding ortho intramolecular Hbond substituents is 1. The van der Waals surface area contributed by atoms with Crippen molar-refractivity contribution >= 4 is 11.8 Å². The van der Waals surface area contributed by atoms with Gasteiger partial charge in [-0.2, -0.15) is 0 Å². The highest BCUT2D eigenvalue weighted by Crippen LogP contribution is 2.29. The van der Waals surface area contributed by atoms with Gasteiger partial charge in [0.05, 0.1) is 0 Å². The fourth-order valence-corrected chi connectivity index (χ4v) is 3.13. The molecule has 17 heavy (non-hydrogen) atoms. The van der Waals surface area contributed by atoms with E-state index in [4.69, 9.17) is 0 Å².